The van der Waals surface area contributed by atoms with E-state index in [0.29, 0.717) is 0 Å². The number of aliphatic hydroxyl groups excluding tert-OH is 1. The Morgan fingerprint density at radius 3 is 1.91 bits per heavy atom. The van der Waals surface area contributed by atoms with Gasteiger partial charge >= 0.3 is 0 Å². The summed E-state index contributed by atoms with van der Waals surface area (Å²) in [7, 11) is -11.8. The highest BCUT2D eigenvalue weighted by molar-refractivity contribution is 7.92. The number of nitrogens with one attached hydrogen (secondary N) is 1. The molecule has 1 fully saturated rings. The highest BCUT2D eigenvalue weighted by Gasteiger charge is 2.44. The molecule has 1 saturated heterocycles. The molecule has 2 aromatic carbocycles. The number of hydrogen-bond acceptors (Lipinski definition) is 7. The Bertz CT molecular complexity index is 1400. The fourth-order valence-corrected chi connectivity index (χ4v) is 8.56. The molecule has 12 heteroatoms. The van der Waals surface area contributed by atoms with Crippen LogP contribution >= 0.6 is 0 Å². The van der Waals surface area contributed by atoms with Gasteiger partial charge in [0, 0.05) is 13.1 Å². The standard InChI is InChI=1S/C22H30N2O7S3/c1-15-5-7-19(11-17(15)3)33(28,29)23-9-10-24(21-13-32(26,27)14-22(21)25)34(30,31)20-8-6-16(2)18(4)12-20/h5-8,11-12,21-23,25H,9-10,13-14H2,1-4H3/t21-,22-/m1/s1. The van der Waals surface area contributed by atoms with Crippen molar-refractivity contribution in [3.05, 3.63) is 58.7 Å². The number of sulfone groups is 1. The van der Waals surface area contributed by atoms with Crippen molar-refractivity contribution >= 4 is 29.9 Å². The van der Waals surface area contributed by atoms with E-state index in [9.17, 15) is 30.4 Å². The average molecular weight is 531 g/mol. The van der Waals surface area contributed by atoms with E-state index in [1.807, 2.05) is 13.8 Å². The summed E-state index contributed by atoms with van der Waals surface area (Å²) in [5.41, 5.74) is 3.34. The zero-order valence-corrected chi connectivity index (χ0v) is 22.0. The topological polar surface area (TPSA) is 138 Å². The predicted molar refractivity (Wildman–Crippen MR) is 129 cm³/mol. The summed E-state index contributed by atoms with van der Waals surface area (Å²) in [6, 6.07) is 7.98. The maximum absolute atomic E-state index is 13.5. The van der Waals surface area contributed by atoms with Crippen molar-refractivity contribution in [3.63, 3.8) is 0 Å². The van der Waals surface area contributed by atoms with E-state index >= 15 is 0 Å². The van der Waals surface area contributed by atoms with Gasteiger partial charge in [-0.05, 0) is 74.2 Å². The number of rotatable bonds is 8. The Labute approximate surface area is 201 Å². The van der Waals surface area contributed by atoms with Gasteiger partial charge < -0.3 is 5.11 Å². The van der Waals surface area contributed by atoms with Crippen molar-refractivity contribution in [1.29, 1.82) is 0 Å². The third kappa shape index (κ3) is 5.69. The van der Waals surface area contributed by atoms with Crippen LogP contribution in [0.2, 0.25) is 0 Å². The molecule has 2 N–H and O–H groups in total. The summed E-state index contributed by atoms with van der Waals surface area (Å²) in [5, 5.41) is 10.4. The van der Waals surface area contributed by atoms with Gasteiger partial charge in [-0.15, -0.1) is 0 Å². The monoisotopic (exact) mass is 530 g/mol. The highest BCUT2D eigenvalue weighted by atomic mass is 32.2. The first-order valence-corrected chi connectivity index (χ1v) is 15.4. The van der Waals surface area contributed by atoms with E-state index in [0.717, 1.165) is 26.6 Å². The first-order valence-electron chi connectivity index (χ1n) is 10.7. The van der Waals surface area contributed by atoms with Crippen LogP contribution in [0.5, 0.6) is 0 Å². The number of aryl methyl sites for hydroxylation is 4. The molecule has 1 aliphatic rings. The van der Waals surface area contributed by atoms with E-state index in [4.69, 9.17) is 0 Å². The van der Waals surface area contributed by atoms with Crippen LogP contribution in [-0.4, -0.2) is 71.4 Å². The van der Waals surface area contributed by atoms with Crippen molar-refractivity contribution in [2.75, 3.05) is 24.6 Å². The van der Waals surface area contributed by atoms with Crippen molar-refractivity contribution < 1.29 is 30.4 Å². The Kier molecular flexibility index (Phi) is 7.61. The van der Waals surface area contributed by atoms with Crippen LogP contribution in [0.1, 0.15) is 22.3 Å². The van der Waals surface area contributed by atoms with Crippen molar-refractivity contribution in [2.24, 2.45) is 0 Å². The zero-order chi connectivity index (χ0) is 25.5. The molecule has 0 aromatic heterocycles. The van der Waals surface area contributed by atoms with E-state index in [1.54, 1.807) is 26.0 Å². The molecule has 2 aromatic rings. The number of benzene rings is 2. The van der Waals surface area contributed by atoms with Gasteiger partial charge in [0.15, 0.2) is 9.84 Å². The second kappa shape index (κ2) is 9.67. The summed E-state index contributed by atoms with van der Waals surface area (Å²) >= 11 is 0. The minimum absolute atomic E-state index is 0.0441. The number of aliphatic hydroxyl groups is 1. The molecule has 0 saturated carbocycles. The van der Waals surface area contributed by atoms with Crippen LogP contribution < -0.4 is 4.72 Å². The smallest absolute Gasteiger partial charge is 0.243 e. The first-order chi connectivity index (χ1) is 15.6. The molecule has 3 rings (SSSR count). The lowest BCUT2D eigenvalue weighted by molar-refractivity contribution is 0.128. The summed E-state index contributed by atoms with van der Waals surface area (Å²) in [6.45, 7) is 6.58. The molecule has 1 aliphatic heterocycles. The summed E-state index contributed by atoms with van der Waals surface area (Å²) in [4.78, 5) is -0.00763. The van der Waals surface area contributed by atoms with Gasteiger partial charge in [0.05, 0.1) is 33.4 Å². The minimum Gasteiger partial charge on any atom is -0.390 e. The van der Waals surface area contributed by atoms with Crippen molar-refractivity contribution in [3.8, 4) is 0 Å². The van der Waals surface area contributed by atoms with Gasteiger partial charge in [0.25, 0.3) is 0 Å². The zero-order valence-electron chi connectivity index (χ0n) is 19.5. The average Bonchev–Trinajstić information content (AvgIpc) is 3.00. The largest absolute Gasteiger partial charge is 0.390 e. The van der Waals surface area contributed by atoms with Crippen LogP contribution in [0.3, 0.4) is 0 Å². The molecule has 9 nitrogen and oxygen atoms in total. The van der Waals surface area contributed by atoms with Crippen molar-refractivity contribution in [1.82, 2.24) is 9.03 Å². The lowest BCUT2D eigenvalue weighted by atomic mass is 10.1. The SMILES string of the molecule is Cc1ccc(S(=O)(=O)NCCN([C@@H]2CS(=O)(=O)C[C@H]2O)S(=O)(=O)c2ccc(C)c(C)c2)cc1C. The minimum atomic E-state index is -4.23. The lowest BCUT2D eigenvalue weighted by Gasteiger charge is -2.29. The molecule has 0 radical (unpaired) electrons. The summed E-state index contributed by atoms with van der Waals surface area (Å²) in [6.07, 6.45) is -1.41. The van der Waals surface area contributed by atoms with Gasteiger partial charge in [-0.3, -0.25) is 0 Å². The van der Waals surface area contributed by atoms with Gasteiger partial charge in [-0.25, -0.2) is 30.0 Å². The molecule has 2 atom stereocenters. The molecule has 0 amide bonds. The highest BCUT2D eigenvalue weighted by Crippen LogP contribution is 2.26. The molecular weight excluding hydrogens is 500 g/mol. The van der Waals surface area contributed by atoms with Crippen LogP contribution in [0.4, 0.5) is 0 Å². The first kappa shape index (κ1) is 26.8. The second-order valence-electron chi connectivity index (χ2n) is 8.72. The fraction of sp³-hybridized carbons (Fsp3) is 0.455. The van der Waals surface area contributed by atoms with E-state index in [2.05, 4.69) is 4.72 Å². The van der Waals surface area contributed by atoms with E-state index in [-0.39, 0.29) is 22.9 Å². The lowest BCUT2D eigenvalue weighted by Crippen LogP contribution is -2.49. The third-order valence-electron chi connectivity index (χ3n) is 6.16. The second-order valence-corrected chi connectivity index (χ2v) is 14.5. The van der Waals surface area contributed by atoms with Crippen LogP contribution in [0.15, 0.2) is 46.2 Å². The van der Waals surface area contributed by atoms with Crippen LogP contribution in [0, 0.1) is 27.7 Å². The Morgan fingerprint density at radius 2 is 1.41 bits per heavy atom. The Morgan fingerprint density at radius 1 is 0.882 bits per heavy atom. The Hall–Kier alpha value is -1.83. The fourth-order valence-electron chi connectivity index (χ4n) is 3.81. The number of nitrogens with zero attached hydrogens (tertiary/aromatic N) is 1. The van der Waals surface area contributed by atoms with Crippen molar-refractivity contribution in [2.45, 2.75) is 49.6 Å². The van der Waals surface area contributed by atoms with E-state index < -0.39 is 53.5 Å². The summed E-state index contributed by atoms with van der Waals surface area (Å²) in [5.74, 6) is -1.09. The predicted octanol–water partition coefficient (Wildman–Crippen LogP) is 1.05. The molecule has 188 valence electrons. The molecule has 34 heavy (non-hydrogen) atoms. The van der Waals surface area contributed by atoms with Gasteiger partial charge in [0.1, 0.15) is 0 Å². The van der Waals surface area contributed by atoms with Crippen LogP contribution in [0.25, 0.3) is 0 Å². The molecule has 0 bridgehead atoms. The molecule has 0 aliphatic carbocycles. The quantitative estimate of drug-likeness (QED) is 0.520. The molecule has 0 unspecified atom stereocenters. The third-order valence-corrected chi connectivity index (χ3v) is 11.2. The van der Waals surface area contributed by atoms with Gasteiger partial charge in [-0.2, -0.15) is 4.31 Å². The van der Waals surface area contributed by atoms with E-state index in [1.165, 1.54) is 24.3 Å². The molecular formula is C22H30N2O7S3. The normalized spacial score (nSPS) is 20.6. The van der Waals surface area contributed by atoms with Gasteiger partial charge in [-0.1, -0.05) is 12.1 Å². The Balaban J connectivity index is 1.90. The number of sulfonamides is 2. The summed E-state index contributed by atoms with van der Waals surface area (Å²) < 4.78 is 80.0. The maximum atomic E-state index is 13.5. The van der Waals surface area contributed by atoms with Crippen LogP contribution in [-0.2, 0) is 29.9 Å². The molecule has 1 heterocycles. The molecule has 0 spiro atoms. The number of hydrogen-bond donors (Lipinski definition) is 2. The maximum Gasteiger partial charge on any atom is 0.243 e. The van der Waals surface area contributed by atoms with Gasteiger partial charge in [0.2, 0.25) is 20.0 Å².